The first-order valence-electron chi connectivity index (χ1n) is 6.74. The zero-order valence-electron chi connectivity index (χ0n) is 11.3. The Morgan fingerprint density at radius 1 is 1.42 bits per heavy atom. The van der Waals surface area contributed by atoms with Crippen LogP contribution >= 0.6 is 0 Å². The van der Waals surface area contributed by atoms with Crippen LogP contribution in [-0.2, 0) is 16.1 Å². The Morgan fingerprint density at radius 2 is 2.16 bits per heavy atom. The average Bonchev–Trinajstić information content (AvgIpc) is 2.85. The van der Waals surface area contributed by atoms with Gasteiger partial charge in [-0.2, -0.15) is 0 Å². The lowest BCUT2D eigenvalue weighted by Crippen LogP contribution is -2.39. The van der Waals surface area contributed by atoms with Crippen molar-refractivity contribution in [2.24, 2.45) is 5.41 Å². The van der Waals surface area contributed by atoms with Gasteiger partial charge in [0.1, 0.15) is 5.41 Å². The largest absolute Gasteiger partial charge is 0.465 e. The van der Waals surface area contributed by atoms with E-state index in [1.54, 1.807) is 6.92 Å². The lowest BCUT2D eigenvalue weighted by Gasteiger charge is -2.24. The molecule has 0 bridgehead atoms. The molecule has 1 saturated heterocycles. The van der Waals surface area contributed by atoms with Gasteiger partial charge in [0.15, 0.2) is 0 Å². The molecule has 1 aromatic carbocycles. The zero-order chi connectivity index (χ0) is 13.7. The number of nitrogens with zero attached hydrogens (tertiary/aromatic N) is 1. The molecule has 0 amide bonds. The zero-order valence-corrected chi connectivity index (χ0v) is 11.3. The van der Waals surface area contributed by atoms with Crippen LogP contribution in [0.5, 0.6) is 0 Å². The highest BCUT2D eigenvalue weighted by atomic mass is 16.5. The maximum absolute atomic E-state index is 12.0. The summed E-state index contributed by atoms with van der Waals surface area (Å²) in [4.78, 5) is 14.2. The van der Waals surface area contributed by atoms with E-state index in [-0.39, 0.29) is 12.6 Å². The minimum atomic E-state index is -0.731. The number of ether oxygens (including phenoxy) is 1. The van der Waals surface area contributed by atoms with E-state index in [1.807, 2.05) is 18.2 Å². The molecule has 19 heavy (non-hydrogen) atoms. The first-order valence-corrected chi connectivity index (χ1v) is 6.74. The van der Waals surface area contributed by atoms with Crippen LogP contribution in [0.3, 0.4) is 0 Å². The van der Waals surface area contributed by atoms with Crippen molar-refractivity contribution in [3.05, 3.63) is 35.9 Å². The number of hydrogen-bond acceptors (Lipinski definition) is 4. The molecule has 1 atom stereocenters. The van der Waals surface area contributed by atoms with Crippen LogP contribution in [0.2, 0.25) is 0 Å². The Labute approximate surface area is 114 Å². The number of likely N-dealkylation sites (tertiary alicyclic amines) is 1. The summed E-state index contributed by atoms with van der Waals surface area (Å²) in [5, 5.41) is 9.57. The fourth-order valence-electron chi connectivity index (χ4n) is 2.58. The second kappa shape index (κ2) is 6.17. The minimum Gasteiger partial charge on any atom is -0.465 e. The SMILES string of the molecule is CCOC(=O)C1(CO)CCN(Cc2ccccc2)C1. The topological polar surface area (TPSA) is 49.8 Å². The van der Waals surface area contributed by atoms with Crippen LogP contribution in [-0.4, -0.2) is 42.3 Å². The van der Waals surface area contributed by atoms with E-state index in [0.29, 0.717) is 19.6 Å². The Balaban J connectivity index is 1.99. The van der Waals surface area contributed by atoms with Crippen molar-refractivity contribution >= 4 is 5.97 Å². The van der Waals surface area contributed by atoms with E-state index >= 15 is 0 Å². The third-order valence-electron chi connectivity index (χ3n) is 3.69. The summed E-state index contributed by atoms with van der Waals surface area (Å²) in [5.74, 6) is -0.270. The van der Waals surface area contributed by atoms with E-state index in [4.69, 9.17) is 4.74 Å². The predicted octanol–water partition coefficient (Wildman–Crippen LogP) is 1.43. The van der Waals surface area contributed by atoms with Crippen LogP contribution < -0.4 is 0 Å². The fourth-order valence-corrected chi connectivity index (χ4v) is 2.58. The first-order chi connectivity index (χ1) is 9.20. The average molecular weight is 263 g/mol. The van der Waals surface area contributed by atoms with E-state index in [2.05, 4.69) is 17.0 Å². The molecule has 4 nitrogen and oxygen atoms in total. The van der Waals surface area contributed by atoms with Gasteiger partial charge in [-0.05, 0) is 25.5 Å². The maximum Gasteiger partial charge on any atom is 0.315 e. The van der Waals surface area contributed by atoms with E-state index < -0.39 is 5.41 Å². The lowest BCUT2D eigenvalue weighted by atomic mass is 9.88. The van der Waals surface area contributed by atoms with Crippen LogP contribution in [0.25, 0.3) is 0 Å². The summed E-state index contributed by atoms with van der Waals surface area (Å²) >= 11 is 0. The number of benzene rings is 1. The molecule has 1 aliphatic heterocycles. The number of hydrogen-bond donors (Lipinski definition) is 1. The number of aliphatic hydroxyl groups is 1. The summed E-state index contributed by atoms with van der Waals surface area (Å²) in [6.07, 6.45) is 0.662. The van der Waals surface area contributed by atoms with Gasteiger partial charge < -0.3 is 9.84 Å². The molecule has 0 radical (unpaired) electrons. The van der Waals surface area contributed by atoms with Gasteiger partial charge in [0.25, 0.3) is 0 Å². The number of aliphatic hydroxyl groups excluding tert-OH is 1. The summed E-state index contributed by atoms with van der Waals surface area (Å²) in [6.45, 7) is 4.20. The quantitative estimate of drug-likeness (QED) is 0.817. The van der Waals surface area contributed by atoms with E-state index in [0.717, 1.165) is 13.1 Å². The number of carbonyl (C=O) groups is 1. The summed E-state index contributed by atoms with van der Waals surface area (Å²) in [6, 6.07) is 10.2. The molecule has 1 fully saturated rings. The first kappa shape index (κ1) is 14.0. The Hall–Kier alpha value is -1.39. The molecule has 0 spiro atoms. The monoisotopic (exact) mass is 263 g/mol. The van der Waals surface area contributed by atoms with Crippen LogP contribution in [0.1, 0.15) is 18.9 Å². The molecule has 1 aliphatic rings. The molecule has 2 rings (SSSR count). The van der Waals surface area contributed by atoms with Crippen molar-refractivity contribution in [3.8, 4) is 0 Å². The summed E-state index contributed by atoms with van der Waals surface area (Å²) in [7, 11) is 0. The maximum atomic E-state index is 12.0. The van der Waals surface area contributed by atoms with Crippen LogP contribution in [0, 0.1) is 5.41 Å². The van der Waals surface area contributed by atoms with Crippen LogP contribution in [0.4, 0.5) is 0 Å². The fraction of sp³-hybridized carbons (Fsp3) is 0.533. The van der Waals surface area contributed by atoms with E-state index in [9.17, 15) is 9.90 Å². The number of esters is 1. The Kier molecular flexibility index (Phi) is 4.56. The molecular weight excluding hydrogens is 242 g/mol. The Morgan fingerprint density at radius 3 is 2.79 bits per heavy atom. The summed E-state index contributed by atoms with van der Waals surface area (Å²) in [5.41, 5.74) is 0.491. The van der Waals surface area contributed by atoms with Gasteiger partial charge in [0.05, 0.1) is 13.2 Å². The number of rotatable bonds is 5. The molecule has 104 valence electrons. The third-order valence-corrected chi connectivity index (χ3v) is 3.69. The van der Waals surface area contributed by atoms with Gasteiger partial charge in [0.2, 0.25) is 0 Å². The van der Waals surface area contributed by atoms with Crippen molar-refractivity contribution < 1.29 is 14.6 Å². The molecule has 1 heterocycles. The van der Waals surface area contributed by atoms with Gasteiger partial charge in [-0.1, -0.05) is 30.3 Å². The summed E-state index contributed by atoms with van der Waals surface area (Å²) < 4.78 is 5.09. The highest BCUT2D eigenvalue weighted by Crippen LogP contribution is 2.32. The molecular formula is C15H21NO3. The van der Waals surface area contributed by atoms with Gasteiger partial charge in [-0.25, -0.2) is 0 Å². The molecule has 0 saturated carbocycles. The predicted molar refractivity (Wildman–Crippen MR) is 72.5 cm³/mol. The van der Waals surface area contributed by atoms with Gasteiger partial charge in [-0.15, -0.1) is 0 Å². The van der Waals surface area contributed by atoms with Crippen molar-refractivity contribution in [2.75, 3.05) is 26.3 Å². The standard InChI is InChI=1S/C15H21NO3/c1-2-19-14(18)15(12-17)8-9-16(11-15)10-13-6-4-3-5-7-13/h3-7,17H,2,8-12H2,1H3. The molecule has 4 heteroatoms. The van der Waals surface area contributed by atoms with Crippen molar-refractivity contribution in [1.29, 1.82) is 0 Å². The molecule has 0 aromatic heterocycles. The van der Waals surface area contributed by atoms with Gasteiger partial charge >= 0.3 is 5.97 Å². The van der Waals surface area contributed by atoms with Crippen molar-refractivity contribution in [2.45, 2.75) is 19.9 Å². The van der Waals surface area contributed by atoms with Crippen LogP contribution in [0.15, 0.2) is 30.3 Å². The smallest absolute Gasteiger partial charge is 0.315 e. The second-order valence-electron chi connectivity index (χ2n) is 5.11. The molecule has 1 unspecified atom stereocenters. The minimum absolute atomic E-state index is 0.142. The molecule has 1 N–H and O–H groups in total. The van der Waals surface area contributed by atoms with Crippen molar-refractivity contribution in [1.82, 2.24) is 4.90 Å². The van der Waals surface area contributed by atoms with Gasteiger partial charge in [-0.3, -0.25) is 9.69 Å². The molecule has 0 aliphatic carbocycles. The van der Waals surface area contributed by atoms with E-state index in [1.165, 1.54) is 5.56 Å². The Bertz CT molecular complexity index is 421. The van der Waals surface area contributed by atoms with Gasteiger partial charge in [0, 0.05) is 13.1 Å². The highest BCUT2D eigenvalue weighted by Gasteiger charge is 2.45. The second-order valence-corrected chi connectivity index (χ2v) is 5.11. The number of carbonyl (C=O) groups excluding carboxylic acids is 1. The third kappa shape index (κ3) is 3.14. The highest BCUT2D eigenvalue weighted by molar-refractivity contribution is 5.77. The normalized spacial score (nSPS) is 23.5. The molecule has 1 aromatic rings. The van der Waals surface area contributed by atoms with Crippen molar-refractivity contribution in [3.63, 3.8) is 0 Å². The lowest BCUT2D eigenvalue weighted by molar-refractivity contribution is -0.157.